The maximum atomic E-state index is 12.1. The Balaban J connectivity index is 2.39. The van der Waals surface area contributed by atoms with Crippen molar-refractivity contribution in [3.63, 3.8) is 0 Å². The molecule has 0 unspecified atom stereocenters. The number of carbonyl (C=O) groups excluding carboxylic acids is 1. The summed E-state index contributed by atoms with van der Waals surface area (Å²) in [6, 6.07) is 4.91. The van der Waals surface area contributed by atoms with Crippen LogP contribution < -0.4 is 15.4 Å². The highest BCUT2D eigenvalue weighted by atomic mass is 32.2. The molecule has 2 rings (SSSR count). The average Bonchev–Trinajstić information content (AvgIpc) is 2.43. The number of benzene rings is 1. The van der Waals surface area contributed by atoms with E-state index in [0.717, 1.165) is 18.4 Å². The number of hydrogen-bond donors (Lipinski definition) is 2. The number of amides is 1. The summed E-state index contributed by atoms with van der Waals surface area (Å²) in [5, 5.41) is 0. The summed E-state index contributed by atoms with van der Waals surface area (Å²) in [6.45, 7) is 2.55. The fourth-order valence-corrected chi connectivity index (χ4v) is 3.39. The minimum Gasteiger partial charge on any atom is -0.329 e. The minimum absolute atomic E-state index is 0.0737. The van der Waals surface area contributed by atoms with Crippen LogP contribution in [0.3, 0.4) is 0 Å². The number of nitrogens with one attached hydrogen (secondary N) is 1. The van der Waals surface area contributed by atoms with E-state index in [1.54, 1.807) is 23.1 Å². The van der Waals surface area contributed by atoms with Crippen molar-refractivity contribution >= 4 is 21.6 Å². The number of nitrogens with two attached hydrogens (primary N) is 1. The monoisotopic (exact) mass is 297 g/mol. The molecule has 0 aliphatic carbocycles. The van der Waals surface area contributed by atoms with Crippen molar-refractivity contribution in [1.29, 1.82) is 0 Å². The number of anilines is 1. The first-order valence-corrected chi connectivity index (χ1v) is 8.05. The van der Waals surface area contributed by atoms with Crippen molar-refractivity contribution in [3.05, 3.63) is 23.8 Å². The van der Waals surface area contributed by atoms with Gasteiger partial charge in [0.25, 0.3) is 0 Å². The van der Waals surface area contributed by atoms with Crippen LogP contribution in [0.1, 0.15) is 18.9 Å². The molecule has 1 aliphatic rings. The van der Waals surface area contributed by atoms with Crippen molar-refractivity contribution in [2.24, 2.45) is 5.73 Å². The third-order valence-corrected chi connectivity index (χ3v) is 4.76. The normalized spacial score (nSPS) is 15.0. The average molecular weight is 297 g/mol. The molecule has 1 amide bonds. The number of nitrogens with zero attached hydrogens (tertiary/aromatic N) is 1. The summed E-state index contributed by atoms with van der Waals surface area (Å²) in [5.41, 5.74) is 7.00. The molecule has 0 saturated carbocycles. The molecule has 1 aromatic carbocycles. The van der Waals surface area contributed by atoms with Gasteiger partial charge in [-0.3, -0.25) is 4.79 Å². The Hall–Kier alpha value is -1.44. The van der Waals surface area contributed by atoms with Crippen LogP contribution in [-0.4, -0.2) is 34.0 Å². The van der Waals surface area contributed by atoms with Gasteiger partial charge in [-0.25, -0.2) is 13.1 Å². The summed E-state index contributed by atoms with van der Waals surface area (Å²) in [6.07, 6.45) is 1.75. The lowest BCUT2D eigenvalue weighted by Gasteiger charge is -2.29. The summed E-state index contributed by atoms with van der Waals surface area (Å²) in [7, 11) is -3.57. The standard InChI is InChI=1S/C13H19N3O3S/c1-10(17)16-8-2-3-11-4-5-12(9-13(11)16)20(18,19)15-7-6-14/h4-5,9,15H,2-3,6-8,14H2,1H3. The number of aryl methyl sites for hydroxylation is 1. The Bertz CT molecular complexity index is 613. The summed E-state index contributed by atoms with van der Waals surface area (Å²) >= 11 is 0. The molecule has 0 spiro atoms. The fourth-order valence-electron chi connectivity index (χ4n) is 2.33. The van der Waals surface area contributed by atoms with E-state index in [4.69, 9.17) is 5.73 Å². The second kappa shape index (κ2) is 5.90. The first kappa shape index (κ1) is 15.0. The highest BCUT2D eigenvalue weighted by molar-refractivity contribution is 7.89. The van der Waals surface area contributed by atoms with Crippen molar-refractivity contribution < 1.29 is 13.2 Å². The van der Waals surface area contributed by atoms with Gasteiger partial charge >= 0.3 is 0 Å². The van der Waals surface area contributed by atoms with Gasteiger partial charge in [0.2, 0.25) is 15.9 Å². The van der Waals surface area contributed by atoms with Gasteiger partial charge in [0, 0.05) is 32.2 Å². The van der Waals surface area contributed by atoms with Crippen LogP contribution in [-0.2, 0) is 21.2 Å². The minimum atomic E-state index is -3.57. The van der Waals surface area contributed by atoms with E-state index in [-0.39, 0.29) is 23.9 Å². The fraction of sp³-hybridized carbons (Fsp3) is 0.462. The molecule has 0 fully saturated rings. The van der Waals surface area contributed by atoms with Crippen LogP contribution in [0.5, 0.6) is 0 Å². The zero-order valence-corrected chi connectivity index (χ0v) is 12.2. The van der Waals surface area contributed by atoms with Crippen LogP contribution in [0, 0.1) is 0 Å². The van der Waals surface area contributed by atoms with E-state index < -0.39 is 10.0 Å². The third-order valence-electron chi connectivity index (χ3n) is 3.30. The van der Waals surface area contributed by atoms with Gasteiger partial charge in [0.05, 0.1) is 4.90 Å². The number of fused-ring (bicyclic) bond motifs is 1. The molecule has 3 N–H and O–H groups in total. The van der Waals surface area contributed by atoms with E-state index in [1.165, 1.54) is 6.92 Å². The first-order valence-electron chi connectivity index (χ1n) is 6.56. The van der Waals surface area contributed by atoms with Crippen LogP contribution in [0.25, 0.3) is 0 Å². The summed E-state index contributed by atoms with van der Waals surface area (Å²) in [4.78, 5) is 13.4. The molecule has 0 radical (unpaired) electrons. The molecular formula is C13H19N3O3S. The quantitative estimate of drug-likeness (QED) is 0.831. The van der Waals surface area contributed by atoms with Crippen molar-refractivity contribution in [1.82, 2.24) is 4.72 Å². The molecule has 20 heavy (non-hydrogen) atoms. The summed E-state index contributed by atoms with van der Waals surface area (Å²) < 4.78 is 26.6. The lowest BCUT2D eigenvalue weighted by atomic mass is 10.0. The van der Waals surface area contributed by atoms with Crippen LogP contribution in [0.4, 0.5) is 5.69 Å². The second-order valence-corrected chi connectivity index (χ2v) is 6.52. The number of rotatable bonds is 4. The van der Waals surface area contributed by atoms with Gasteiger partial charge in [0.1, 0.15) is 0 Å². The van der Waals surface area contributed by atoms with E-state index in [9.17, 15) is 13.2 Å². The zero-order valence-electron chi connectivity index (χ0n) is 11.4. The molecule has 6 nitrogen and oxygen atoms in total. The number of carbonyl (C=O) groups is 1. The topological polar surface area (TPSA) is 92.5 Å². The van der Waals surface area contributed by atoms with Crippen LogP contribution >= 0.6 is 0 Å². The molecular weight excluding hydrogens is 278 g/mol. The molecule has 0 saturated heterocycles. The maximum Gasteiger partial charge on any atom is 0.240 e. The molecule has 110 valence electrons. The van der Waals surface area contributed by atoms with E-state index in [2.05, 4.69) is 4.72 Å². The smallest absolute Gasteiger partial charge is 0.240 e. The number of sulfonamides is 1. The predicted octanol–water partition coefficient (Wildman–Crippen LogP) is 0.223. The molecule has 1 heterocycles. The Morgan fingerprint density at radius 1 is 1.45 bits per heavy atom. The van der Waals surface area contributed by atoms with Crippen molar-refractivity contribution in [2.45, 2.75) is 24.7 Å². The first-order chi connectivity index (χ1) is 9.45. The van der Waals surface area contributed by atoms with Crippen LogP contribution in [0.2, 0.25) is 0 Å². The second-order valence-electron chi connectivity index (χ2n) is 4.75. The highest BCUT2D eigenvalue weighted by Gasteiger charge is 2.23. The van der Waals surface area contributed by atoms with Gasteiger partial charge in [-0.05, 0) is 30.5 Å². The Morgan fingerprint density at radius 3 is 2.85 bits per heavy atom. The van der Waals surface area contributed by atoms with E-state index in [1.807, 2.05) is 0 Å². The van der Waals surface area contributed by atoms with Gasteiger partial charge < -0.3 is 10.6 Å². The lowest BCUT2D eigenvalue weighted by molar-refractivity contribution is -0.116. The summed E-state index contributed by atoms with van der Waals surface area (Å²) in [5.74, 6) is -0.0737. The molecule has 1 aromatic rings. The third kappa shape index (κ3) is 3.00. The molecule has 0 bridgehead atoms. The highest BCUT2D eigenvalue weighted by Crippen LogP contribution is 2.29. The SMILES string of the molecule is CC(=O)N1CCCc2ccc(S(=O)(=O)NCCN)cc21. The van der Waals surface area contributed by atoms with E-state index >= 15 is 0 Å². The Labute approximate surface area is 119 Å². The molecule has 1 aliphatic heterocycles. The van der Waals surface area contributed by atoms with Crippen LogP contribution in [0.15, 0.2) is 23.1 Å². The van der Waals surface area contributed by atoms with Gasteiger partial charge in [0.15, 0.2) is 0 Å². The van der Waals surface area contributed by atoms with Gasteiger partial charge in [-0.15, -0.1) is 0 Å². The van der Waals surface area contributed by atoms with E-state index in [0.29, 0.717) is 12.2 Å². The lowest BCUT2D eigenvalue weighted by Crippen LogP contribution is -2.34. The predicted molar refractivity (Wildman–Crippen MR) is 77.0 cm³/mol. The molecule has 7 heteroatoms. The van der Waals surface area contributed by atoms with Gasteiger partial charge in [-0.1, -0.05) is 6.07 Å². The maximum absolute atomic E-state index is 12.1. The van der Waals surface area contributed by atoms with Gasteiger partial charge in [-0.2, -0.15) is 0 Å². The Morgan fingerprint density at radius 2 is 2.20 bits per heavy atom. The van der Waals surface area contributed by atoms with Crippen molar-refractivity contribution in [3.8, 4) is 0 Å². The van der Waals surface area contributed by atoms with Crippen molar-refractivity contribution in [2.75, 3.05) is 24.5 Å². The largest absolute Gasteiger partial charge is 0.329 e. The molecule has 0 aromatic heterocycles. The number of hydrogen-bond acceptors (Lipinski definition) is 4. The zero-order chi connectivity index (χ0) is 14.8. The Kier molecular flexibility index (Phi) is 4.42. The molecule has 0 atom stereocenters.